The van der Waals surface area contributed by atoms with Crippen molar-refractivity contribution in [3.63, 3.8) is 0 Å². The molecule has 92 valence electrons. The van der Waals surface area contributed by atoms with Crippen molar-refractivity contribution in [2.45, 2.75) is 19.4 Å². The van der Waals surface area contributed by atoms with Gasteiger partial charge in [0.15, 0.2) is 0 Å². The summed E-state index contributed by atoms with van der Waals surface area (Å²) in [5.41, 5.74) is 7.27. The molecule has 2 N–H and O–H groups in total. The second kappa shape index (κ2) is 5.15. The van der Waals surface area contributed by atoms with Crippen molar-refractivity contribution < 1.29 is 9.53 Å². The van der Waals surface area contributed by atoms with Crippen molar-refractivity contribution in [1.82, 2.24) is 0 Å². The van der Waals surface area contributed by atoms with Crippen LogP contribution in [-0.2, 0) is 10.3 Å². The minimum Gasteiger partial charge on any atom is -0.465 e. The van der Waals surface area contributed by atoms with E-state index >= 15 is 0 Å². The van der Waals surface area contributed by atoms with E-state index in [1.165, 1.54) is 7.11 Å². The lowest BCUT2D eigenvalue weighted by atomic mass is 9.81. The average Bonchev–Trinajstić information content (AvgIpc) is 2.36. The number of benzene rings is 1. The smallest absolute Gasteiger partial charge is 0.337 e. The number of nitrogens with two attached hydrogens (primary N) is 1. The van der Waals surface area contributed by atoms with Crippen LogP contribution in [0.1, 0.15) is 29.8 Å². The van der Waals surface area contributed by atoms with Crippen LogP contribution in [-0.4, -0.2) is 13.1 Å². The fourth-order valence-electron chi connectivity index (χ4n) is 1.59. The van der Waals surface area contributed by atoms with Gasteiger partial charge in [-0.1, -0.05) is 25.1 Å². The van der Waals surface area contributed by atoms with Gasteiger partial charge in [-0.3, -0.25) is 0 Å². The molecule has 1 aromatic rings. The zero-order valence-electron chi connectivity index (χ0n) is 10.6. The van der Waals surface area contributed by atoms with Gasteiger partial charge in [0.05, 0.1) is 12.7 Å². The van der Waals surface area contributed by atoms with Crippen LogP contribution in [0.15, 0.2) is 36.9 Å². The Balaban J connectivity index is 3.02. The first-order valence-corrected chi connectivity index (χ1v) is 5.53. The van der Waals surface area contributed by atoms with Gasteiger partial charge in [-0.2, -0.15) is 0 Å². The SMILES string of the molecule is C=CC(C)C(C)(N)c1ccc(C(=O)OC)cc1. The van der Waals surface area contributed by atoms with Crippen molar-refractivity contribution in [2.75, 3.05) is 7.11 Å². The molecule has 0 aliphatic rings. The lowest BCUT2D eigenvalue weighted by Crippen LogP contribution is -2.38. The fraction of sp³-hybridized carbons (Fsp3) is 0.357. The predicted molar refractivity (Wildman–Crippen MR) is 68.7 cm³/mol. The van der Waals surface area contributed by atoms with Crippen LogP contribution in [0.5, 0.6) is 0 Å². The van der Waals surface area contributed by atoms with Crippen LogP contribution in [0, 0.1) is 5.92 Å². The van der Waals surface area contributed by atoms with E-state index in [0.29, 0.717) is 5.56 Å². The largest absolute Gasteiger partial charge is 0.465 e. The van der Waals surface area contributed by atoms with Crippen LogP contribution < -0.4 is 5.73 Å². The molecule has 2 unspecified atom stereocenters. The number of hydrogen-bond donors (Lipinski definition) is 1. The third-order valence-corrected chi connectivity index (χ3v) is 3.23. The monoisotopic (exact) mass is 233 g/mol. The minimum atomic E-state index is -0.490. The molecule has 0 fully saturated rings. The highest BCUT2D eigenvalue weighted by molar-refractivity contribution is 5.89. The van der Waals surface area contributed by atoms with Gasteiger partial charge >= 0.3 is 5.97 Å². The molecule has 3 nitrogen and oxygen atoms in total. The average molecular weight is 233 g/mol. The number of carbonyl (C=O) groups excluding carboxylic acids is 1. The van der Waals surface area contributed by atoms with E-state index in [4.69, 9.17) is 5.73 Å². The fourth-order valence-corrected chi connectivity index (χ4v) is 1.59. The Morgan fingerprint density at radius 3 is 2.41 bits per heavy atom. The zero-order chi connectivity index (χ0) is 13.1. The molecule has 0 spiro atoms. The van der Waals surface area contributed by atoms with E-state index in [1.54, 1.807) is 12.1 Å². The highest BCUT2D eigenvalue weighted by Gasteiger charge is 2.26. The zero-order valence-corrected chi connectivity index (χ0v) is 10.6. The van der Waals surface area contributed by atoms with E-state index in [-0.39, 0.29) is 11.9 Å². The van der Waals surface area contributed by atoms with Gasteiger partial charge in [0.1, 0.15) is 0 Å². The third-order valence-electron chi connectivity index (χ3n) is 3.23. The number of ether oxygens (including phenoxy) is 1. The molecule has 0 heterocycles. The maximum Gasteiger partial charge on any atom is 0.337 e. The summed E-state index contributed by atoms with van der Waals surface area (Å²) in [6.07, 6.45) is 1.83. The summed E-state index contributed by atoms with van der Waals surface area (Å²) in [5, 5.41) is 0. The first-order valence-electron chi connectivity index (χ1n) is 5.53. The van der Waals surface area contributed by atoms with Crippen molar-refractivity contribution in [1.29, 1.82) is 0 Å². The Hall–Kier alpha value is -1.61. The molecule has 17 heavy (non-hydrogen) atoms. The molecule has 1 aromatic carbocycles. The quantitative estimate of drug-likeness (QED) is 0.642. The summed E-state index contributed by atoms with van der Waals surface area (Å²) in [5.74, 6) is -0.196. The molecule has 0 bridgehead atoms. The van der Waals surface area contributed by atoms with Crippen molar-refractivity contribution >= 4 is 5.97 Å². The number of methoxy groups -OCH3 is 1. The molecule has 2 atom stereocenters. The summed E-state index contributed by atoms with van der Waals surface area (Å²) >= 11 is 0. The van der Waals surface area contributed by atoms with Gasteiger partial charge in [0.2, 0.25) is 0 Å². The predicted octanol–water partition coefficient (Wildman–Crippen LogP) is 2.47. The van der Waals surface area contributed by atoms with Crippen molar-refractivity contribution in [3.05, 3.63) is 48.0 Å². The Morgan fingerprint density at radius 1 is 1.47 bits per heavy atom. The van der Waals surface area contributed by atoms with E-state index in [0.717, 1.165) is 5.56 Å². The van der Waals surface area contributed by atoms with E-state index in [9.17, 15) is 4.79 Å². The molecule has 0 radical (unpaired) electrons. The normalized spacial score (nSPS) is 15.8. The lowest BCUT2D eigenvalue weighted by Gasteiger charge is -2.30. The van der Waals surface area contributed by atoms with Gasteiger partial charge < -0.3 is 10.5 Å². The first kappa shape index (κ1) is 13.5. The van der Waals surface area contributed by atoms with E-state index < -0.39 is 5.54 Å². The van der Waals surface area contributed by atoms with Crippen LogP contribution in [0.4, 0.5) is 0 Å². The van der Waals surface area contributed by atoms with Crippen LogP contribution in [0.25, 0.3) is 0 Å². The molecule has 0 saturated carbocycles. The van der Waals surface area contributed by atoms with Crippen molar-refractivity contribution in [3.8, 4) is 0 Å². The lowest BCUT2D eigenvalue weighted by molar-refractivity contribution is 0.0600. The van der Waals surface area contributed by atoms with E-state index in [2.05, 4.69) is 11.3 Å². The van der Waals surface area contributed by atoms with Crippen LogP contribution >= 0.6 is 0 Å². The first-order chi connectivity index (χ1) is 7.93. The summed E-state index contributed by atoms with van der Waals surface area (Å²) in [6.45, 7) is 7.72. The van der Waals surface area contributed by atoms with Crippen LogP contribution in [0.2, 0.25) is 0 Å². The molecule has 0 aromatic heterocycles. The molecule has 0 aliphatic carbocycles. The summed E-state index contributed by atoms with van der Waals surface area (Å²) in [6, 6.07) is 7.16. The standard InChI is InChI=1S/C14H19NO2/c1-5-10(2)14(3,15)12-8-6-11(7-9-12)13(16)17-4/h5-10H,1,15H2,2-4H3. The summed E-state index contributed by atoms with van der Waals surface area (Å²) < 4.78 is 4.64. The molecule has 0 aliphatic heterocycles. The van der Waals surface area contributed by atoms with Crippen molar-refractivity contribution in [2.24, 2.45) is 11.7 Å². The molecule has 1 rings (SSSR count). The maximum atomic E-state index is 11.3. The van der Waals surface area contributed by atoms with Crippen LogP contribution in [0.3, 0.4) is 0 Å². The third kappa shape index (κ3) is 2.74. The van der Waals surface area contributed by atoms with E-state index in [1.807, 2.05) is 32.1 Å². The summed E-state index contributed by atoms with van der Waals surface area (Å²) in [4.78, 5) is 11.3. The number of carbonyl (C=O) groups is 1. The second-order valence-electron chi connectivity index (χ2n) is 4.38. The Labute approximate surface area is 102 Å². The minimum absolute atomic E-state index is 0.145. The number of hydrogen-bond acceptors (Lipinski definition) is 3. The van der Waals surface area contributed by atoms with Gasteiger partial charge in [0.25, 0.3) is 0 Å². The Morgan fingerprint density at radius 2 is 2.00 bits per heavy atom. The maximum absolute atomic E-state index is 11.3. The summed E-state index contributed by atoms with van der Waals surface area (Å²) in [7, 11) is 1.36. The molecular formula is C14H19NO2. The second-order valence-corrected chi connectivity index (χ2v) is 4.38. The molecule has 3 heteroatoms. The highest BCUT2D eigenvalue weighted by Crippen LogP contribution is 2.27. The van der Waals surface area contributed by atoms with Gasteiger partial charge in [-0.25, -0.2) is 4.79 Å². The highest BCUT2D eigenvalue weighted by atomic mass is 16.5. The number of rotatable bonds is 4. The Kier molecular flexibility index (Phi) is 4.07. The molecular weight excluding hydrogens is 214 g/mol. The molecule has 0 amide bonds. The van der Waals surface area contributed by atoms with Gasteiger partial charge in [-0.15, -0.1) is 6.58 Å². The van der Waals surface area contributed by atoms with Gasteiger partial charge in [-0.05, 0) is 30.5 Å². The molecule has 0 saturated heterocycles. The Bertz CT molecular complexity index is 407. The topological polar surface area (TPSA) is 52.3 Å². The number of esters is 1. The van der Waals surface area contributed by atoms with Gasteiger partial charge in [0, 0.05) is 5.54 Å².